The predicted octanol–water partition coefficient (Wildman–Crippen LogP) is 7.21. The molecule has 0 radical (unpaired) electrons. The first-order valence-corrected chi connectivity index (χ1v) is 10.8. The van der Waals surface area contributed by atoms with Crippen LogP contribution >= 0.6 is 23.1 Å². The number of fused-ring (bicyclic) bond motifs is 2. The van der Waals surface area contributed by atoms with Gasteiger partial charge in [0, 0.05) is 24.0 Å². The molecule has 1 saturated heterocycles. The Morgan fingerprint density at radius 2 is 1.79 bits per heavy atom. The highest BCUT2D eigenvalue weighted by molar-refractivity contribution is 7.11. The highest BCUT2D eigenvalue weighted by atomic mass is 35.5. The lowest BCUT2D eigenvalue weighted by Crippen LogP contribution is -2.28. The van der Waals surface area contributed by atoms with E-state index in [2.05, 4.69) is 15.3 Å². The maximum absolute atomic E-state index is 15.7. The lowest BCUT2D eigenvalue weighted by Gasteiger charge is -2.27. The van der Waals surface area contributed by atoms with Crippen LogP contribution in [0.4, 0.5) is 9.39 Å². The van der Waals surface area contributed by atoms with Crippen LogP contribution in [-0.4, -0.2) is 17.5 Å². The molecule has 142 valence electrons. The molecule has 0 saturated carbocycles. The molecule has 0 aliphatic carbocycles. The first-order chi connectivity index (χ1) is 13.6. The van der Waals surface area contributed by atoms with E-state index in [1.54, 1.807) is 0 Å². The van der Waals surface area contributed by atoms with Crippen LogP contribution in [0.25, 0.3) is 32.8 Å². The Bertz CT molecular complexity index is 1190. The normalized spacial score (nSPS) is 14.9. The third-order valence-electron chi connectivity index (χ3n) is 5.68. The standard InChI is InChI=1S/C23H20ClFN2S/c1-14-9-10-15-7-3-4-8-16(15)19(14)20-18(24)13-17-22(21(20)25)26-28-23(17)27-11-5-2-6-12-27/h3-4,7-10,13H,2,5-6,11-12H2,1H3. The Labute approximate surface area is 172 Å². The van der Waals surface area contributed by atoms with E-state index in [1.165, 1.54) is 30.8 Å². The van der Waals surface area contributed by atoms with Gasteiger partial charge in [-0.25, -0.2) is 4.39 Å². The molecular formula is C23H20ClFN2S. The summed E-state index contributed by atoms with van der Waals surface area (Å²) in [6.07, 6.45) is 3.60. The lowest BCUT2D eigenvalue weighted by molar-refractivity contribution is 0.581. The van der Waals surface area contributed by atoms with Crippen LogP contribution < -0.4 is 4.90 Å². The summed E-state index contributed by atoms with van der Waals surface area (Å²) in [6, 6.07) is 14.0. The van der Waals surface area contributed by atoms with Crippen LogP contribution in [-0.2, 0) is 0 Å². The molecule has 0 bridgehead atoms. The number of hydrogen-bond donors (Lipinski definition) is 0. The van der Waals surface area contributed by atoms with E-state index >= 15 is 4.39 Å². The van der Waals surface area contributed by atoms with E-state index in [0.717, 1.165) is 45.4 Å². The molecule has 0 N–H and O–H groups in total. The fourth-order valence-corrected chi connectivity index (χ4v) is 5.46. The molecule has 2 nitrogen and oxygen atoms in total. The van der Waals surface area contributed by atoms with Crippen molar-refractivity contribution in [2.24, 2.45) is 0 Å². The van der Waals surface area contributed by atoms with E-state index in [1.807, 2.05) is 43.3 Å². The summed E-state index contributed by atoms with van der Waals surface area (Å²) in [5.74, 6) is -0.318. The topological polar surface area (TPSA) is 16.1 Å². The van der Waals surface area contributed by atoms with Crippen LogP contribution in [0.1, 0.15) is 24.8 Å². The Morgan fingerprint density at radius 1 is 1.00 bits per heavy atom. The number of halogens is 2. The molecule has 4 aromatic rings. The van der Waals surface area contributed by atoms with Crippen molar-refractivity contribution < 1.29 is 4.39 Å². The van der Waals surface area contributed by atoms with Gasteiger partial charge in [0.25, 0.3) is 0 Å². The number of anilines is 1. The number of piperidine rings is 1. The second-order valence-electron chi connectivity index (χ2n) is 7.46. The Balaban J connectivity index is 1.75. The summed E-state index contributed by atoms with van der Waals surface area (Å²) in [5.41, 5.74) is 2.75. The van der Waals surface area contributed by atoms with E-state index < -0.39 is 0 Å². The molecule has 28 heavy (non-hydrogen) atoms. The number of aromatic nitrogens is 1. The van der Waals surface area contributed by atoms with Gasteiger partial charge in [0.2, 0.25) is 0 Å². The van der Waals surface area contributed by atoms with Gasteiger partial charge in [-0.2, -0.15) is 4.37 Å². The molecular weight excluding hydrogens is 391 g/mol. The second-order valence-corrected chi connectivity index (χ2v) is 8.62. The molecule has 0 spiro atoms. The van der Waals surface area contributed by atoms with Crippen LogP contribution in [0.15, 0.2) is 42.5 Å². The molecule has 3 aromatic carbocycles. The zero-order valence-corrected chi connectivity index (χ0v) is 17.2. The average molecular weight is 411 g/mol. The quantitative estimate of drug-likeness (QED) is 0.347. The minimum atomic E-state index is -0.318. The van der Waals surface area contributed by atoms with Crippen molar-refractivity contribution in [1.82, 2.24) is 4.37 Å². The molecule has 1 fully saturated rings. The molecule has 0 unspecified atom stereocenters. The summed E-state index contributed by atoms with van der Waals surface area (Å²) in [7, 11) is 0. The number of benzene rings is 3. The van der Waals surface area contributed by atoms with Crippen molar-refractivity contribution >= 4 is 49.8 Å². The van der Waals surface area contributed by atoms with Gasteiger partial charge < -0.3 is 4.90 Å². The fourth-order valence-electron chi connectivity index (χ4n) is 4.27. The summed E-state index contributed by atoms with van der Waals surface area (Å²) in [6.45, 7) is 4.00. The Morgan fingerprint density at radius 3 is 2.61 bits per heavy atom. The summed E-state index contributed by atoms with van der Waals surface area (Å²) in [4.78, 5) is 2.32. The number of rotatable bonds is 2. The fraction of sp³-hybridized carbons (Fsp3) is 0.261. The number of nitrogens with zero attached hydrogens (tertiary/aromatic N) is 2. The van der Waals surface area contributed by atoms with E-state index in [-0.39, 0.29) is 5.82 Å². The van der Waals surface area contributed by atoms with Crippen LogP contribution in [0, 0.1) is 12.7 Å². The minimum Gasteiger partial charge on any atom is -0.362 e. The van der Waals surface area contributed by atoms with Crippen molar-refractivity contribution in [1.29, 1.82) is 0 Å². The van der Waals surface area contributed by atoms with Crippen molar-refractivity contribution in [2.45, 2.75) is 26.2 Å². The minimum absolute atomic E-state index is 0.318. The number of hydrogen-bond acceptors (Lipinski definition) is 3. The third-order valence-corrected chi connectivity index (χ3v) is 6.90. The maximum atomic E-state index is 15.7. The molecule has 0 amide bonds. The van der Waals surface area contributed by atoms with Crippen LogP contribution in [0.5, 0.6) is 0 Å². The largest absolute Gasteiger partial charge is 0.362 e. The molecule has 1 aliphatic rings. The molecule has 2 heterocycles. The van der Waals surface area contributed by atoms with E-state index in [0.29, 0.717) is 16.1 Å². The molecule has 1 aromatic heterocycles. The van der Waals surface area contributed by atoms with Gasteiger partial charge in [-0.1, -0.05) is 48.0 Å². The Hall–Kier alpha value is -2.17. The van der Waals surface area contributed by atoms with Crippen molar-refractivity contribution in [3.63, 3.8) is 0 Å². The van der Waals surface area contributed by atoms with Gasteiger partial charge in [-0.3, -0.25) is 0 Å². The Kier molecular flexibility index (Phi) is 4.48. The summed E-state index contributed by atoms with van der Waals surface area (Å²) in [5, 5.41) is 4.40. The molecule has 5 heteroatoms. The van der Waals surface area contributed by atoms with Gasteiger partial charge >= 0.3 is 0 Å². The average Bonchev–Trinajstić information content (AvgIpc) is 3.14. The lowest BCUT2D eigenvalue weighted by atomic mass is 9.93. The first kappa shape index (κ1) is 17.9. The summed E-state index contributed by atoms with van der Waals surface area (Å²) < 4.78 is 20.2. The molecule has 5 rings (SSSR count). The van der Waals surface area contributed by atoms with Gasteiger partial charge in [-0.15, -0.1) is 0 Å². The van der Waals surface area contributed by atoms with E-state index in [9.17, 15) is 0 Å². The molecule has 1 aliphatic heterocycles. The first-order valence-electron chi connectivity index (χ1n) is 9.66. The van der Waals surface area contributed by atoms with Crippen molar-refractivity contribution in [3.8, 4) is 11.1 Å². The van der Waals surface area contributed by atoms with Gasteiger partial charge in [0.15, 0.2) is 5.82 Å². The zero-order valence-electron chi connectivity index (χ0n) is 15.6. The zero-order chi connectivity index (χ0) is 19.3. The predicted molar refractivity (Wildman–Crippen MR) is 118 cm³/mol. The van der Waals surface area contributed by atoms with Gasteiger partial charge in [-0.05, 0) is 65.7 Å². The monoisotopic (exact) mass is 410 g/mol. The van der Waals surface area contributed by atoms with E-state index in [4.69, 9.17) is 11.6 Å². The number of aryl methyl sites for hydroxylation is 1. The van der Waals surface area contributed by atoms with Gasteiger partial charge in [0.05, 0.1) is 5.02 Å². The van der Waals surface area contributed by atoms with Gasteiger partial charge in [0.1, 0.15) is 10.5 Å². The molecule has 0 atom stereocenters. The SMILES string of the molecule is Cc1ccc2ccccc2c1-c1c(Cl)cc2c(N3CCCCC3)snc2c1F. The van der Waals surface area contributed by atoms with Crippen LogP contribution in [0.3, 0.4) is 0 Å². The summed E-state index contributed by atoms with van der Waals surface area (Å²) >= 11 is 8.08. The second kappa shape index (κ2) is 7.02. The van der Waals surface area contributed by atoms with Crippen molar-refractivity contribution in [3.05, 3.63) is 58.9 Å². The highest BCUT2D eigenvalue weighted by Crippen LogP contribution is 2.44. The van der Waals surface area contributed by atoms with Crippen LogP contribution in [0.2, 0.25) is 5.02 Å². The smallest absolute Gasteiger partial charge is 0.159 e. The maximum Gasteiger partial charge on any atom is 0.159 e. The highest BCUT2D eigenvalue weighted by Gasteiger charge is 2.24. The third kappa shape index (κ3) is 2.78. The van der Waals surface area contributed by atoms with Crippen molar-refractivity contribution in [2.75, 3.05) is 18.0 Å².